The molecular weight excluding hydrogens is 210 g/mol. The van der Waals surface area contributed by atoms with Gasteiger partial charge in [0.1, 0.15) is 0 Å². The summed E-state index contributed by atoms with van der Waals surface area (Å²) in [6.45, 7) is 6.43. The molecule has 15 heavy (non-hydrogen) atoms. The molecule has 0 atom stereocenters. The lowest BCUT2D eigenvalue weighted by Gasteiger charge is -2.05. The average Bonchev–Trinajstić information content (AvgIpc) is 2.21. The molecule has 0 aliphatic rings. The van der Waals surface area contributed by atoms with Gasteiger partial charge in [-0.1, -0.05) is 16.9 Å². The van der Waals surface area contributed by atoms with Crippen molar-refractivity contribution >= 4 is 11.8 Å². The van der Waals surface area contributed by atoms with Gasteiger partial charge in [0.25, 0.3) is 0 Å². The third kappa shape index (κ3) is 3.42. The maximum absolute atomic E-state index is 8.11. The van der Waals surface area contributed by atoms with E-state index in [0.717, 1.165) is 22.1 Å². The van der Waals surface area contributed by atoms with Crippen LogP contribution in [-0.4, -0.2) is 22.3 Å². The second kappa shape index (κ2) is 5.58. The number of azide groups is 1. The summed E-state index contributed by atoms with van der Waals surface area (Å²) in [5, 5.41) is 4.21. The first kappa shape index (κ1) is 11.8. The minimum Gasteiger partial charge on any atom is -0.228 e. The molecule has 0 aliphatic carbocycles. The van der Waals surface area contributed by atoms with Crippen LogP contribution in [0.25, 0.3) is 10.4 Å². The summed E-state index contributed by atoms with van der Waals surface area (Å²) in [7, 11) is 0. The van der Waals surface area contributed by atoms with E-state index in [1.807, 2.05) is 20.8 Å². The van der Waals surface area contributed by atoms with Crippen LogP contribution < -0.4 is 0 Å². The van der Waals surface area contributed by atoms with Crippen LogP contribution in [0.2, 0.25) is 0 Å². The van der Waals surface area contributed by atoms with Crippen molar-refractivity contribution in [2.24, 2.45) is 5.11 Å². The quantitative estimate of drug-likeness (QED) is 0.197. The van der Waals surface area contributed by atoms with Gasteiger partial charge in [-0.2, -0.15) is 0 Å². The van der Waals surface area contributed by atoms with Crippen LogP contribution in [0, 0.1) is 20.8 Å². The van der Waals surface area contributed by atoms with Gasteiger partial charge in [-0.15, -0.1) is 0 Å². The number of nitrogens with zero attached hydrogens (tertiary/aromatic N) is 5. The Labute approximate surface area is 93.0 Å². The van der Waals surface area contributed by atoms with E-state index < -0.39 is 0 Å². The zero-order chi connectivity index (χ0) is 11.3. The first-order chi connectivity index (χ1) is 7.15. The molecule has 0 saturated heterocycles. The molecule has 0 amide bonds. The van der Waals surface area contributed by atoms with Gasteiger partial charge in [-0.25, -0.2) is 9.97 Å². The second-order valence-corrected chi connectivity index (χ2v) is 4.17. The molecule has 0 fully saturated rings. The van der Waals surface area contributed by atoms with Gasteiger partial charge in [0.05, 0.1) is 0 Å². The number of rotatable bonds is 4. The van der Waals surface area contributed by atoms with Crippen LogP contribution in [0.15, 0.2) is 10.3 Å². The summed E-state index contributed by atoms with van der Waals surface area (Å²) >= 11 is 1.51. The molecule has 0 spiro atoms. The highest BCUT2D eigenvalue weighted by Crippen LogP contribution is 2.16. The Kier molecular flexibility index (Phi) is 4.39. The fourth-order valence-corrected chi connectivity index (χ4v) is 1.79. The summed E-state index contributed by atoms with van der Waals surface area (Å²) < 4.78 is 0. The van der Waals surface area contributed by atoms with Crippen LogP contribution >= 0.6 is 11.8 Å². The fraction of sp³-hybridized carbons (Fsp3) is 0.556. The Balaban J connectivity index is 2.66. The zero-order valence-electron chi connectivity index (χ0n) is 9.06. The number of thioether (sulfide) groups is 1. The highest BCUT2D eigenvalue weighted by Gasteiger charge is 2.04. The van der Waals surface area contributed by atoms with Crippen LogP contribution in [0.3, 0.4) is 0 Å². The average molecular weight is 223 g/mol. The van der Waals surface area contributed by atoms with Gasteiger partial charge < -0.3 is 0 Å². The lowest BCUT2D eigenvalue weighted by molar-refractivity contribution is 0.880. The minimum absolute atomic E-state index is 0.469. The summed E-state index contributed by atoms with van der Waals surface area (Å²) in [4.78, 5) is 11.4. The number of aryl methyl sites for hydroxylation is 2. The van der Waals surface area contributed by atoms with Crippen molar-refractivity contribution < 1.29 is 0 Å². The molecule has 80 valence electrons. The number of hydrogen-bond donors (Lipinski definition) is 0. The monoisotopic (exact) mass is 223 g/mol. The molecule has 0 saturated carbocycles. The van der Waals surface area contributed by atoms with E-state index in [9.17, 15) is 0 Å². The molecule has 1 aromatic rings. The van der Waals surface area contributed by atoms with Crippen LogP contribution in [-0.2, 0) is 0 Å². The Morgan fingerprint density at radius 2 is 1.87 bits per heavy atom. The van der Waals surface area contributed by atoms with Crippen molar-refractivity contribution in [2.45, 2.75) is 25.9 Å². The Morgan fingerprint density at radius 1 is 1.27 bits per heavy atom. The van der Waals surface area contributed by atoms with E-state index in [2.05, 4.69) is 20.0 Å². The Bertz CT molecular complexity index is 374. The largest absolute Gasteiger partial charge is 0.228 e. The predicted molar refractivity (Wildman–Crippen MR) is 61.0 cm³/mol. The molecule has 0 aliphatic heterocycles. The van der Waals surface area contributed by atoms with Crippen molar-refractivity contribution in [3.63, 3.8) is 0 Å². The molecule has 6 heteroatoms. The first-order valence-electron chi connectivity index (χ1n) is 4.60. The van der Waals surface area contributed by atoms with Crippen molar-refractivity contribution in [3.05, 3.63) is 27.4 Å². The van der Waals surface area contributed by atoms with Crippen molar-refractivity contribution in [1.29, 1.82) is 0 Å². The highest BCUT2D eigenvalue weighted by atomic mass is 32.2. The smallest absolute Gasteiger partial charge is 0.187 e. The van der Waals surface area contributed by atoms with Gasteiger partial charge in [0.2, 0.25) is 0 Å². The van der Waals surface area contributed by atoms with Crippen LogP contribution in [0.1, 0.15) is 17.0 Å². The summed E-state index contributed by atoms with van der Waals surface area (Å²) in [6, 6.07) is 0. The third-order valence-corrected chi connectivity index (χ3v) is 2.93. The molecule has 0 N–H and O–H groups in total. The first-order valence-corrected chi connectivity index (χ1v) is 5.59. The lowest BCUT2D eigenvalue weighted by Crippen LogP contribution is -1.98. The summed E-state index contributed by atoms with van der Waals surface area (Å²) in [6.07, 6.45) is 0. The molecule has 1 aromatic heterocycles. The van der Waals surface area contributed by atoms with E-state index in [1.54, 1.807) is 0 Å². The molecule has 5 nitrogen and oxygen atoms in total. The normalized spacial score (nSPS) is 9.80. The van der Waals surface area contributed by atoms with Gasteiger partial charge in [0.15, 0.2) is 5.16 Å². The molecule has 0 radical (unpaired) electrons. The van der Waals surface area contributed by atoms with Gasteiger partial charge in [-0.3, -0.25) is 0 Å². The van der Waals surface area contributed by atoms with Crippen LogP contribution in [0.4, 0.5) is 0 Å². The van der Waals surface area contributed by atoms with Gasteiger partial charge in [0, 0.05) is 28.6 Å². The number of hydrogen-bond acceptors (Lipinski definition) is 4. The SMILES string of the molecule is Cc1nc(SCCN=[N+]=[N-])nc(C)c1C. The van der Waals surface area contributed by atoms with E-state index in [-0.39, 0.29) is 0 Å². The van der Waals surface area contributed by atoms with Crippen molar-refractivity contribution in [3.8, 4) is 0 Å². The molecule has 0 unspecified atom stereocenters. The maximum atomic E-state index is 8.11. The van der Waals surface area contributed by atoms with E-state index in [0.29, 0.717) is 12.3 Å². The standard InChI is InChI=1S/C9H13N5S/c1-6-7(2)12-9(13-8(6)3)15-5-4-11-14-10/h4-5H2,1-3H3. The van der Waals surface area contributed by atoms with Gasteiger partial charge >= 0.3 is 0 Å². The minimum atomic E-state index is 0.469. The van der Waals surface area contributed by atoms with Crippen molar-refractivity contribution in [1.82, 2.24) is 9.97 Å². The van der Waals surface area contributed by atoms with Crippen LogP contribution in [0.5, 0.6) is 0 Å². The fourth-order valence-electron chi connectivity index (χ4n) is 1.03. The second-order valence-electron chi connectivity index (χ2n) is 3.10. The topological polar surface area (TPSA) is 74.5 Å². The maximum Gasteiger partial charge on any atom is 0.187 e. The van der Waals surface area contributed by atoms with Gasteiger partial charge in [-0.05, 0) is 31.9 Å². The molecule has 1 rings (SSSR count). The third-order valence-electron chi connectivity index (χ3n) is 2.10. The Morgan fingerprint density at radius 3 is 2.40 bits per heavy atom. The zero-order valence-corrected chi connectivity index (χ0v) is 9.88. The summed E-state index contributed by atoms with van der Waals surface area (Å²) in [5.41, 5.74) is 11.3. The predicted octanol–water partition coefficient (Wildman–Crippen LogP) is 2.80. The number of aromatic nitrogens is 2. The lowest BCUT2D eigenvalue weighted by atomic mass is 10.2. The molecule has 1 heterocycles. The molecular formula is C9H13N5S. The van der Waals surface area contributed by atoms with E-state index >= 15 is 0 Å². The summed E-state index contributed by atoms with van der Waals surface area (Å²) in [5.74, 6) is 0.714. The Hall–Kier alpha value is -1.26. The van der Waals surface area contributed by atoms with E-state index in [4.69, 9.17) is 5.53 Å². The molecule has 0 bridgehead atoms. The highest BCUT2D eigenvalue weighted by molar-refractivity contribution is 7.99. The van der Waals surface area contributed by atoms with E-state index in [1.165, 1.54) is 11.8 Å². The van der Waals surface area contributed by atoms with Crippen molar-refractivity contribution in [2.75, 3.05) is 12.3 Å². The molecule has 0 aromatic carbocycles.